The second-order valence-corrected chi connectivity index (χ2v) is 6.65. The minimum Gasteiger partial charge on any atom is -0.452 e. The van der Waals surface area contributed by atoms with Crippen molar-refractivity contribution in [2.45, 2.75) is 18.8 Å². The Hall–Kier alpha value is -3.03. The average molecular weight is 371 g/mol. The summed E-state index contributed by atoms with van der Waals surface area (Å²) >= 11 is 0. The lowest BCUT2D eigenvalue weighted by Gasteiger charge is -2.32. The maximum atomic E-state index is 12.5. The Morgan fingerprint density at radius 2 is 1.85 bits per heavy atom. The Kier molecular flexibility index (Phi) is 5.63. The molecule has 0 unspecified atom stereocenters. The lowest BCUT2D eigenvalue weighted by Crippen LogP contribution is -2.40. The number of likely N-dealkylation sites (tertiary alicyclic amines) is 1. The highest BCUT2D eigenvalue weighted by Gasteiger charge is 2.25. The molecule has 8 nitrogen and oxygen atoms in total. The summed E-state index contributed by atoms with van der Waals surface area (Å²) in [4.78, 5) is 27.3. The minimum atomic E-state index is -0.442. The number of amides is 3. The number of piperidine rings is 1. The summed E-state index contributed by atoms with van der Waals surface area (Å²) in [7, 11) is 4.92. The molecule has 0 bridgehead atoms. The number of rotatable bonds is 3. The molecule has 3 rings (SSSR count). The standard InChI is InChI=1S/C19H25N5O3/c1-22(19(26)27-3)16-6-4-15(5-7-16)21-18(25)24-12-9-14(10-13-24)17-8-11-20-23(17)2/h4-8,11,14H,9-10,12-13H2,1-3H3,(H,21,25). The van der Waals surface area contributed by atoms with E-state index >= 15 is 0 Å². The smallest absolute Gasteiger partial charge is 0.413 e. The zero-order valence-electron chi connectivity index (χ0n) is 15.9. The number of hydrogen-bond donors (Lipinski definition) is 1. The van der Waals surface area contributed by atoms with Crippen molar-refractivity contribution in [3.8, 4) is 0 Å². The summed E-state index contributed by atoms with van der Waals surface area (Å²) in [6, 6.07) is 9.02. The highest BCUT2D eigenvalue weighted by Crippen LogP contribution is 2.27. The van der Waals surface area contributed by atoms with Crippen molar-refractivity contribution in [2.75, 3.05) is 37.5 Å². The first-order chi connectivity index (χ1) is 13.0. The van der Waals surface area contributed by atoms with Gasteiger partial charge in [0.15, 0.2) is 0 Å². The fourth-order valence-electron chi connectivity index (χ4n) is 3.38. The van der Waals surface area contributed by atoms with Crippen molar-refractivity contribution >= 4 is 23.5 Å². The van der Waals surface area contributed by atoms with Crippen LogP contribution in [-0.2, 0) is 11.8 Å². The molecule has 1 aromatic heterocycles. The summed E-state index contributed by atoms with van der Waals surface area (Å²) in [5.74, 6) is 0.440. The Balaban J connectivity index is 1.54. The number of urea groups is 1. The van der Waals surface area contributed by atoms with Gasteiger partial charge >= 0.3 is 12.1 Å². The van der Waals surface area contributed by atoms with Crippen LogP contribution in [0.3, 0.4) is 0 Å². The Bertz CT molecular complexity index is 794. The average Bonchev–Trinajstić information content (AvgIpc) is 3.13. The molecule has 1 N–H and O–H groups in total. The number of nitrogens with zero attached hydrogens (tertiary/aromatic N) is 4. The molecule has 0 aliphatic carbocycles. The molecule has 1 aliphatic heterocycles. The van der Waals surface area contributed by atoms with Crippen molar-refractivity contribution in [2.24, 2.45) is 7.05 Å². The molecule has 2 aromatic rings. The van der Waals surface area contributed by atoms with Gasteiger partial charge in [-0.05, 0) is 43.2 Å². The summed E-state index contributed by atoms with van der Waals surface area (Å²) in [6.45, 7) is 1.43. The van der Waals surface area contributed by atoms with Gasteiger partial charge in [-0.2, -0.15) is 5.10 Å². The van der Waals surface area contributed by atoms with E-state index in [1.54, 1.807) is 31.3 Å². The van der Waals surface area contributed by atoms with Gasteiger partial charge in [-0.1, -0.05) is 0 Å². The quantitative estimate of drug-likeness (QED) is 0.899. The van der Waals surface area contributed by atoms with Crippen LogP contribution in [0.4, 0.5) is 21.0 Å². The normalized spacial score (nSPS) is 14.7. The lowest BCUT2D eigenvalue weighted by atomic mass is 9.93. The molecule has 1 saturated heterocycles. The molecule has 0 spiro atoms. The van der Waals surface area contributed by atoms with Crippen LogP contribution < -0.4 is 10.2 Å². The second-order valence-electron chi connectivity index (χ2n) is 6.65. The molecule has 8 heteroatoms. The van der Waals surface area contributed by atoms with Crippen LogP contribution in [0.2, 0.25) is 0 Å². The monoisotopic (exact) mass is 371 g/mol. The van der Waals surface area contributed by atoms with Crippen LogP contribution in [0.1, 0.15) is 24.5 Å². The van der Waals surface area contributed by atoms with Gasteiger partial charge in [-0.15, -0.1) is 0 Å². The maximum Gasteiger partial charge on any atom is 0.413 e. The van der Waals surface area contributed by atoms with Gasteiger partial charge < -0.3 is 15.0 Å². The number of carbonyl (C=O) groups excluding carboxylic acids is 2. The largest absolute Gasteiger partial charge is 0.452 e. The minimum absolute atomic E-state index is 0.104. The van der Waals surface area contributed by atoms with Gasteiger partial charge in [-0.3, -0.25) is 9.58 Å². The van der Waals surface area contributed by atoms with Crippen molar-refractivity contribution in [3.63, 3.8) is 0 Å². The summed E-state index contributed by atoms with van der Waals surface area (Å²) in [5.41, 5.74) is 2.60. The van der Waals surface area contributed by atoms with Crippen LogP contribution in [-0.4, -0.2) is 54.1 Å². The first-order valence-corrected chi connectivity index (χ1v) is 8.95. The van der Waals surface area contributed by atoms with E-state index in [1.807, 2.05) is 28.9 Å². The number of aromatic nitrogens is 2. The number of methoxy groups -OCH3 is 1. The van der Waals surface area contributed by atoms with Crippen LogP contribution in [0, 0.1) is 0 Å². The van der Waals surface area contributed by atoms with Crippen LogP contribution >= 0.6 is 0 Å². The first-order valence-electron chi connectivity index (χ1n) is 8.95. The maximum absolute atomic E-state index is 12.5. The van der Waals surface area contributed by atoms with Crippen LogP contribution in [0.25, 0.3) is 0 Å². The molecule has 2 heterocycles. The highest BCUT2D eigenvalue weighted by molar-refractivity contribution is 5.91. The molecular formula is C19H25N5O3. The number of nitrogens with one attached hydrogen (secondary N) is 1. The van der Waals surface area contributed by atoms with Gasteiger partial charge in [0.2, 0.25) is 0 Å². The fraction of sp³-hybridized carbons (Fsp3) is 0.421. The van der Waals surface area contributed by atoms with E-state index in [0.717, 1.165) is 12.8 Å². The predicted molar refractivity (Wildman–Crippen MR) is 103 cm³/mol. The van der Waals surface area contributed by atoms with Gasteiger partial charge in [0.25, 0.3) is 0 Å². The molecule has 1 fully saturated rings. The van der Waals surface area contributed by atoms with E-state index in [4.69, 9.17) is 0 Å². The Morgan fingerprint density at radius 1 is 1.19 bits per heavy atom. The Morgan fingerprint density at radius 3 is 2.41 bits per heavy atom. The molecular weight excluding hydrogens is 346 g/mol. The Labute approximate surface area is 158 Å². The number of hydrogen-bond acceptors (Lipinski definition) is 4. The first kappa shape index (κ1) is 18.8. The fourth-order valence-corrected chi connectivity index (χ4v) is 3.38. The second kappa shape index (κ2) is 8.11. The number of aryl methyl sites for hydroxylation is 1. The highest BCUT2D eigenvalue weighted by atomic mass is 16.5. The summed E-state index contributed by atoms with van der Waals surface area (Å²) < 4.78 is 6.60. The van der Waals surface area contributed by atoms with E-state index in [0.29, 0.717) is 30.4 Å². The van der Waals surface area contributed by atoms with E-state index in [9.17, 15) is 9.59 Å². The molecule has 144 valence electrons. The number of ether oxygens (including phenoxy) is 1. The van der Waals surface area contributed by atoms with Gasteiger partial charge in [0.1, 0.15) is 0 Å². The number of carbonyl (C=O) groups is 2. The molecule has 3 amide bonds. The van der Waals surface area contributed by atoms with E-state index in [-0.39, 0.29) is 6.03 Å². The van der Waals surface area contributed by atoms with Crippen molar-refractivity contribution in [3.05, 3.63) is 42.2 Å². The van der Waals surface area contributed by atoms with Gasteiger partial charge in [0, 0.05) is 56.4 Å². The molecule has 1 aliphatic rings. The van der Waals surface area contributed by atoms with Crippen LogP contribution in [0.5, 0.6) is 0 Å². The molecule has 1 aromatic carbocycles. The van der Waals surface area contributed by atoms with Crippen LogP contribution in [0.15, 0.2) is 36.5 Å². The zero-order valence-corrected chi connectivity index (χ0v) is 15.9. The van der Waals surface area contributed by atoms with E-state index in [1.165, 1.54) is 17.7 Å². The molecule has 0 atom stereocenters. The van der Waals surface area contributed by atoms with Gasteiger partial charge in [-0.25, -0.2) is 9.59 Å². The number of benzene rings is 1. The van der Waals surface area contributed by atoms with Crippen molar-refractivity contribution < 1.29 is 14.3 Å². The molecule has 27 heavy (non-hydrogen) atoms. The van der Waals surface area contributed by atoms with Gasteiger partial charge in [0.05, 0.1) is 7.11 Å². The third-order valence-electron chi connectivity index (χ3n) is 5.01. The number of anilines is 2. The molecule has 0 saturated carbocycles. The summed E-state index contributed by atoms with van der Waals surface area (Å²) in [5, 5.41) is 7.15. The third kappa shape index (κ3) is 4.21. The van der Waals surface area contributed by atoms with Crippen molar-refractivity contribution in [1.82, 2.24) is 14.7 Å². The predicted octanol–water partition coefficient (Wildman–Crippen LogP) is 3.03. The topological polar surface area (TPSA) is 79.7 Å². The van der Waals surface area contributed by atoms with Crippen molar-refractivity contribution in [1.29, 1.82) is 0 Å². The summed E-state index contributed by atoms with van der Waals surface area (Å²) in [6.07, 6.45) is 3.23. The van der Waals surface area contributed by atoms with E-state index < -0.39 is 6.09 Å². The van der Waals surface area contributed by atoms with E-state index in [2.05, 4.69) is 15.2 Å². The molecule has 0 radical (unpaired) electrons. The third-order valence-corrected chi connectivity index (χ3v) is 5.01. The zero-order chi connectivity index (χ0) is 19.4. The SMILES string of the molecule is COC(=O)N(C)c1ccc(NC(=O)N2CCC(c3ccnn3C)CC2)cc1. The lowest BCUT2D eigenvalue weighted by molar-refractivity contribution is 0.180.